The molecule has 0 atom stereocenters. The van der Waals surface area contributed by atoms with Crippen molar-refractivity contribution in [2.45, 2.75) is 85.0 Å². The lowest BCUT2D eigenvalue weighted by atomic mass is 9.88. The van der Waals surface area contributed by atoms with Gasteiger partial charge in [0.05, 0.1) is 0 Å². The van der Waals surface area contributed by atoms with E-state index in [4.69, 9.17) is 0 Å². The number of hydrogen-bond donors (Lipinski definition) is 0. The number of aryl methyl sites for hydroxylation is 5. The lowest BCUT2D eigenvalue weighted by molar-refractivity contribution is 0.0596. The van der Waals surface area contributed by atoms with E-state index < -0.39 is 0 Å². The topological polar surface area (TPSA) is 36.4 Å². The van der Waals surface area contributed by atoms with Gasteiger partial charge in [-0.25, -0.2) is 0 Å². The molecule has 40 heavy (non-hydrogen) atoms. The van der Waals surface area contributed by atoms with Crippen LogP contribution in [0, 0.1) is 6.92 Å². The Hall–Kier alpha value is -2.98. The number of carbonyl (C=O) groups excluding carboxylic acids is 1. The van der Waals surface area contributed by atoms with Gasteiger partial charge in [-0.15, -0.1) is 0 Å². The van der Waals surface area contributed by atoms with Gasteiger partial charge in [0.1, 0.15) is 5.69 Å². The smallest absolute Gasteiger partial charge is 0.272 e. The van der Waals surface area contributed by atoms with Crippen molar-refractivity contribution < 1.29 is 4.79 Å². The van der Waals surface area contributed by atoms with Gasteiger partial charge in [0.25, 0.3) is 5.91 Å². The summed E-state index contributed by atoms with van der Waals surface area (Å²) < 4.78 is 0. The number of likely N-dealkylation sites (tertiary alicyclic amines) is 1. The Morgan fingerprint density at radius 2 is 1.55 bits per heavy atom. The van der Waals surface area contributed by atoms with Crippen LogP contribution in [-0.4, -0.2) is 53.4 Å². The summed E-state index contributed by atoms with van der Waals surface area (Å²) in [6.45, 7) is 14.0. The van der Waals surface area contributed by atoms with Gasteiger partial charge in [-0.1, -0.05) is 63.2 Å². The quantitative estimate of drug-likeness (QED) is 0.189. The molecular weight excluding hydrogens is 490 g/mol. The number of carbonyl (C=O) groups is 1. The molecule has 1 aliphatic heterocycles. The van der Waals surface area contributed by atoms with Crippen LogP contribution in [0.2, 0.25) is 0 Å². The van der Waals surface area contributed by atoms with Crippen molar-refractivity contribution in [3.63, 3.8) is 0 Å². The summed E-state index contributed by atoms with van der Waals surface area (Å²) in [6, 6.07) is 20.0. The summed E-state index contributed by atoms with van der Waals surface area (Å²) in [4.78, 5) is 22.1. The van der Waals surface area contributed by atoms with E-state index in [1.54, 1.807) is 6.20 Å². The number of pyridine rings is 1. The summed E-state index contributed by atoms with van der Waals surface area (Å²) in [5, 5.41) is 0. The number of unbranched alkanes of at least 4 members (excludes halogenated alkanes) is 1. The molecule has 4 heteroatoms. The van der Waals surface area contributed by atoms with Gasteiger partial charge in [-0.3, -0.25) is 9.78 Å². The maximum Gasteiger partial charge on any atom is 0.272 e. The van der Waals surface area contributed by atoms with Crippen molar-refractivity contribution in [3.8, 4) is 0 Å². The van der Waals surface area contributed by atoms with Gasteiger partial charge in [0.15, 0.2) is 0 Å². The van der Waals surface area contributed by atoms with Crippen LogP contribution in [0.4, 0.5) is 0 Å². The predicted molar refractivity (Wildman–Crippen MR) is 167 cm³/mol. The molecule has 0 aliphatic carbocycles. The Balaban J connectivity index is 1.24. The minimum absolute atomic E-state index is 0.0672. The molecule has 1 fully saturated rings. The van der Waals surface area contributed by atoms with E-state index in [2.05, 4.69) is 86.1 Å². The highest BCUT2D eigenvalue weighted by Crippen LogP contribution is 2.30. The maximum absolute atomic E-state index is 13.2. The van der Waals surface area contributed by atoms with E-state index in [1.807, 2.05) is 11.0 Å². The zero-order chi connectivity index (χ0) is 28.3. The summed E-state index contributed by atoms with van der Waals surface area (Å²) in [7, 11) is 0. The van der Waals surface area contributed by atoms with E-state index in [9.17, 15) is 4.79 Å². The van der Waals surface area contributed by atoms with Crippen LogP contribution in [0.25, 0.3) is 0 Å². The highest BCUT2D eigenvalue weighted by atomic mass is 16.2. The Bertz CT molecular complexity index is 1210. The zero-order valence-electron chi connectivity index (χ0n) is 25.3. The molecule has 1 aliphatic rings. The number of amides is 1. The first-order valence-corrected chi connectivity index (χ1v) is 15.6. The Morgan fingerprint density at radius 3 is 2.23 bits per heavy atom. The monoisotopic (exact) mass is 539 g/mol. The van der Waals surface area contributed by atoms with Crippen LogP contribution in [0.15, 0.2) is 60.8 Å². The molecule has 2 heterocycles. The van der Waals surface area contributed by atoms with Gasteiger partial charge in [-0.2, -0.15) is 0 Å². The second kappa shape index (κ2) is 15.1. The predicted octanol–water partition coefficient (Wildman–Crippen LogP) is 7.42. The number of hydrogen-bond acceptors (Lipinski definition) is 3. The zero-order valence-corrected chi connectivity index (χ0v) is 25.3. The molecule has 2 aromatic carbocycles. The second-order valence-electron chi connectivity index (χ2n) is 11.6. The fourth-order valence-electron chi connectivity index (χ4n) is 5.87. The van der Waals surface area contributed by atoms with Gasteiger partial charge in [0.2, 0.25) is 0 Å². The molecule has 0 N–H and O–H groups in total. The fraction of sp³-hybridized carbons (Fsp3) is 0.500. The minimum Gasteiger partial charge on any atom is -0.336 e. The van der Waals surface area contributed by atoms with Crippen LogP contribution >= 0.6 is 0 Å². The summed E-state index contributed by atoms with van der Waals surface area (Å²) in [5.41, 5.74) is 8.73. The van der Waals surface area contributed by atoms with Crippen LogP contribution in [0.3, 0.4) is 0 Å². The third kappa shape index (κ3) is 8.27. The minimum atomic E-state index is 0.0672. The number of benzene rings is 2. The van der Waals surface area contributed by atoms with Crippen molar-refractivity contribution in [1.29, 1.82) is 0 Å². The molecule has 0 radical (unpaired) electrons. The maximum atomic E-state index is 13.2. The molecule has 0 unspecified atom stereocenters. The molecule has 0 spiro atoms. The first-order chi connectivity index (χ1) is 19.5. The first kappa shape index (κ1) is 30.0. The highest BCUT2D eigenvalue weighted by molar-refractivity contribution is 5.93. The van der Waals surface area contributed by atoms with E-state index >= 15 is 0 Å². The lowest BCUT2D eigenvalue weighted by Crippen LogP contribution is -2.48. The van der Waals surface area contributed by atoms with Gasteiger partial charge in [-0.05, 0) is 123 Å². The third-order valence-corrected chi connectivity index (χ3v) is 8.43. The van der Waals surface area contributed by atoms with Crippen molar-refractivity contribution in [2.24, 2.45) is 0 Å². The summed E-state index contributed by atoms with van der Waals surface area (Å²) in [5.74, 6) is 0.480. The van der Waals surface area contributed by atoms with Crippen molar-refractivity contribution in [1.82, 2.24) is 14.8 Å². The van der Waals surface area contributed by atoms with Crippen LogP contribution in [0.5, 0.6) is 0 Å². The van der Waals surface area contributed by atoms with E-state index in [0.29, 0.717) is 11.6 Å². The summed E-state index contributed by atoms with van der Waals surface area (Å²) >= 11 is 0. The standard InChI is InChI=1S/C36H49N3O/c1-5-21-38(22-6-2)23-9-8-10-31-19-20-37-35(25-31)36(40)39-26-34(27-39)33-18-17-32(28(4)24-33)16-15-30-13-11-29(7-3)12-14-30/h11-14,17-20,24-25,34H,5-10,15-16,21-23,26-27H2,1-4H3. The Kier molecular flexibility index (Phi) is 11.3. The SMILES string of the molecule is CCCN(CCC)CCCCc1ccnc(C(=O)N2CC(c3ccc(CCc4ccc(CC)cc4)c(C)c3)C2)c1. The largest absolute Gasteiger partial charge is 0.336 e. The number of aromatic nitrogens is 1. The molecule has 4 nitrogen and oxygen atoms in total. The molecule has 4 rings (SSSR count). The summed E-state index contributed by atoms with van der Waals surface area (Å²) in [6.07, 6.45) is 10.8. The Morgan fingerprint density at radius 1 is 0.825 bits per heavy atom. The van der Waals surface area contributed by atoms with Crippen molar-refractivity contribution >= 4 is 5.91 Å². The van der Waals surface area contributed by atoms with Crippen molar-refractivity contribution in [3.05, 3.63) is 99.9 Å². The van der Waals surface area contributed by atoms with E-state index in [0.717, 1.165) is 45.2 Å². The lowest BCUT2D eigenvalue weighted by Gasteiger charge is -2.39. The van der Waals surface area contributed by atoms with Gasteiger partial charge >= 0.3 is 0 Å². The number of nitrogens with zero attached hydrogens (tertiary/aromatic N) is 3. The van der Waals surface area contributed by atoms with Crippen LogP contribution in [-0.2, 0) is 25.7 Å². The number of rotatable bonds is 15. The molecule has 3 aromatic rings. The molecule has 1 aromatic heterocycles. The van der Waals surface area contributed by atoms with Crippen LogP contribution < -0.4 is 0 Å². The molecule has 0 bridgehead atoms. The van der Waals surface area contributed by atoms with E-state index in [1.165, 1.54) is 72.3 Å². The van der Waals surface area contributed by atoms with Gasteiger partial charge in [0, 0.05) is 25.2 Å². The molecule has 214 valence electrons. The molecule has 1 amide bonds. The Labute approximate surface area is 242 Å². The molecule has 1 saturated heterocycles. The average Bonchev–Trinajstić information content (AvgIpc) is 2.94. The normalized spacial score (nSPS) is 13.6. The van der Waals surface area contributed by atoms with Crippen LogP contribution in [0.1, 0.15) is 96.2 Å². The highest BCUT2D eigenvalue weighted by Gasteiger charge is 2.33. The third-order valence-electron chi connectivity index (χ3n) is 8.43. The fourth-order valence-corrected chi connectivity index (χ4v) is 5.87. The first-order valence-electron chi connectivity index (χ1n) is 15.6. The molecule has 0 saturated carbocycles. The van der Waals surface area contributed by atoms with Crippen molar-refractivity contribution in [2.75, 3.05) is 32.7 Å². The van der Waals surface area contributed by atoms with E-state index in [-0.39, 0.29) is 5.91 Å². The van der Waals surface area contributed by atoms with Gasteiger partial charge < -0.3 is 9.80 Å². The molecular formula is C36H49N3O. The average molecular weight is 540 g/mol. The second-order valence-corrected chi connectivity index (χ2v) is 11.6.